The second-order valence-corrected chi connectivity index (χ2v) is 17.0. The zero-order chi connectivity index (χ0) is 35.9. The van der Waals surface area contributed by atoms with Gasteiger partial charge in [0.15, 0.2) is 0 Å². The van der Waals surface area contributed by atoms with E-state index in [1.165, 1.54) is 135 Å². The highest BCUT2D eigenvalue weighted by molar-refractivity contribution is 7.00. The largest absolute Gasteiger partial charge is 0.311 e. The van der Waals surface area contributed by atoms with E-state index < -0.39 is 0 Å². The summed E-state index contributed by atoms with van der Waals surface area (Å²) in [6, 6.07) is 58.6. The standard InChI is InChI=1S/C52H41BN2/c1-3-17-34(18-4-1)54-45-26-12-11-25-43(45)53-44-32-41-38(36-21-7-9-23-39(36)51(41)27-13-14-28-51)31-46(44)55(35-19-5-2-6-20-35)50-48-37-22-8-10-24-40(37)52(29-15-16-30-52)42(48)33-47(54)49(50)53/h1-12,17-26,31-33H,13-16,27-30H2. The van der Waals surface area contributed by atoms with Crippen molar-refractivity contribution in [3.63, 3.8) is 0 Å². The zero-order valence-electron chi connectivity index (χ0n) is 31.1. The molecule has 6 aliphatic rings. The van der Waals surface area contributed by atoms with Crippen LogP contribution in [-0.4, -0.2) is 6.71 Å². The predicted molar refractivity (Wildman–Crippen MR) is 230 cm³/mol. The fraction of sp³-hybridized carbons (Fsp3) is 0.192. The van der Waals surface area contributed by atoms with Gasteiger partial charge in [0.25, 0.3) is 6.71 Å². The van der Waals surface area contributed by atoms with Gasteiger partial charge in [-0.05, 0) is 123 Å². The fourth-order valence-corrected chi connectivity index (χ4v) is 12.6. The highest BCUT2D eigenvalue weighted by Crippen LogP contribution is 2.63. The van der Waals surface area contributed by atoms with Crippen LogP contribution in [0.2, 0.25) is 0 Å². The molecule has 7 aromatic carbocycles. The SMILES string of the molecule is c1ccc(N2c3ccccc3B3c4cc5c(cc4N(c4ccccc4)c4c3c2cc2c4-c3ccccc3C23CCCC3)-c2ccccc2C52CCCC2)cc1. The second-order valence-electron chi connectivity index (χ2n) is 17.0. The zero-order valence-corrected chi connectivity index (χ0v) is 31.1. The minimum Gasteiger partial charge on any atom is -0.311 e. The number of nitrogens with zero attached hydrogens (tertiary/aromatic N) is 2. The van der Waals surface area contributed by atoms with E-state index >= 15 is 0 Å². The van der Waals surface area contributed by atoms with Crippen LogP contribution in [0.5, 0.6) is 0 Å². The van der Waals surface area contributed by atoms with E-state index in [1.54, 1.807) is 11.1 Å². The summed E-state index contributed by atoms with van der Waals surface area (Å²) in [7, 11) is 0. The average molecular weight is 705 g/mol. The lowest BCUT2D eigenvalue weighted by Gasteiger charge is -2.46. The van der Waals surface area contributed by atoms with Crippen LogP contribution in [0.1, 0.15) is 73.6 Å². The summed E-state index contributed by atoms with van der Waals surface area (Å²) in [6.45, 7) is 0.0983. The molecule has 7 aromatic rings. The molecule has 0 aromatic heterocycles. The molecule has 0 unspecified atom stereocenters. The first-order valence-electron chi connectivity index (χ1n) is 20.7. The third kappa shape index (κ3) is 3.77. The van der Waals surface area contributed by atoms with Gasteiger partial charge in [0.1, 0.15) is 0 Å². The van der Waals surface area contributed by atoms with Crippen LogP contribution in [0.15, 0.2) is 152 Å². The van der Waals surface area contributed by atoms with Crippen molar-refractivity contribution in [2.45, 2.75) is 62.2 Å². The molecule has 2 heterocycles. The Morgan fingerprint density at radius 3 is 1.67 bits per heavy atom. The molecule has 55 heavy (non-hydrogen) atoms. The molecule has 0 saturated heterocycles. The Balaban J connectivity index is 1.21. The lowest BCUT2D eigenvalue weighted by molar-refractivity contribution is 0.550. The van der Waals surface area contributed by atoms with Crippen molar-refractivity contribution in [2.24, 2.45) is 0 Å². The highest BCUT2D eigenvalue weighted by Gasteiger charge is 2.53. The van der Waals surface area contributed by atoms with Gasteiger partial charge in [-0.3, -0.25) is 0 Å². The van der Waals surface area contributed by atoms with Gasteiger partial charge < -0.3 is 9.80 Å². The summed E-state index contributed by atoms with van der Waals surface area (Å²) in [6.07, 6.45) is 9.99. The van der Waals surface area contributed by atoms with Crippen LogP contribution in [0.25, 0.3) is 22.3 Å². The fourth-order valence-electron chi connectivity index (χ4n) is 12.6. The molecule has 0 atom stereocenters. The van der Waals surface area contributed by atoms with E-state index in [4.69, 9.17) is 0 Å². The van der Waals surface area contributed by atoms with Crippen LogP contribution in [0, 0.1) is 0 Å². The Labute approximate surface area is 324 Å². The summed E-state index contributed by atoms with van der Waals surface area (Å²) in [4.78, 5) is 5.31. The van der Waals surface area contributed by atoms with Crippen LogP contribution >= 0.6 is 0 Å². The minimum atomic E-state index is 0.0284. The van der Waals surface area contributed by atoms with Gasteiger partial charge >= 0.3 is 0 Å². The first-order valence-corrected chi connectivity index (χ1v) is 20.7. The van der Waals surface area contributed by atoms with Gasteiger partial charge in [0, 0.05) is 44.8 Å². The lowest BCUT2D eigenvalue weighted by Crippen LogP contribution is -2.61. The van der Waals surface area contributed by atoms with Crippen molar-refractivity contribution >= 4 is 57.2 Å². The van der Waals surface area contributed by atoms with Crippen LogP contribution in [0.3, 0.4) is 0 Å². The number of rotatable bonds is 2. The summed E-state index contributed by atoms with van der Waals surface area (Å²) in [5.74, 6) is 0. The number of hydrogen-bond acceptors (Lipinski definition) is 2. The molecular formula is C52H41BN2. The number of hydrogen-bond donors (Lipinski definition) is 0. The van der Waals surface area contributed by atoms with E-state index in [0.717, 1.165) is 0 Å². The summed E-state index contributed by atoms with van der Waals surface area (Å²) < 4.78 is 0. The molecule has 0 bridgehead atoms. The quantitative estimate of drug-likeness (QED) is 0.165. The van der Waals surface area contributed by atoms with E-state index in [-0.39, 0.29) is 17.5 Å². The Kier molecular flexibility index (Phi) is 6.06. The van der Waals surface area contributed by atoms with E-state index in [0.29, 0.717) is 0 Å². The van der Waals surface area contributed by atoms with E-state index in [2.05, 4.69) is 161 Å². The number of benzene rings is 7. The molecule has 2 nitrogen and oxygen atoms in total. The molecule has 2 aliphatic heterocycles. The van der Waals surface area contributed by atoms with Crippen molar-refractivity contribution in [1.29, 1.82) is 0 Å². The van der Waals surface area contributed by atoms with Gasteiger partial charge in [-0.25, -0.2) is 0 Å². The topological polar surface area (TPSA) is 6.48 Å². The van der Waals surface area contributed by atoms with E-state index in [1.807, 2.05) is 0 Å². The smallest absolute Gasteiger partial charge is 0.252 e. The van der Waals surface area contributed by atoms with E-state index in [9.17, 15) is 0 Å². The van der Waals surface area contributed by atoms with Crippen molar-refractivity contribution in [2.75, 3.05) is 9.80 Å². The summed E-state index contributed by atoms with van der Waals surface area (Å²) >= 11 is 0. The molecule has 2 spiro atoms. The van der Waals surface area contributed by atoms with Gasteiger partial charge in [0.2, 0.25) is 0 Å². The monoisotopic (exact) mass is 704 g/mol. The van der Waals surface area contributed by atoms with Crippen molar-refractivity contribution in [3.8, 4) is 22.3 Å². The van der Waals surface area contributed by atoms with Crippen molar-refractivity contribution in [1.82, 2.24) is 0 Å². The van der Waals surface area contributed by atoms with Gasteiger partial charge in [0.05, 0.1) is 5.69 Å². The maximum Gasteiger partial charge on any atom is 0.252 e. The number of para-hydroxylation sites is 3. The maximum absolute atomic E-state index is 2.71. The predicted octanol–water partition coefficient (Wildman–Crippen LogP) is 11.5. The highest BCUT2D eigenvalue weighted by atomic mass is 15.2. The molecule has 13 rings (SSSR count). The molecule has 2 fully saturated rings. The van der Waals surface area contributed by atoms with Crippen LogP contribution < -0.4 is 26.2 Å². The second kappa shape index (κ2) is 10.9. The molecule has 0 radical (unpaired) electrons. The molecule has 4 aliphatic carbocycles. The van der Waals surface area contributed by atoms with Gasteiger partial charge in [-0.2, -0.15) is 0 Å². The maximum atomic E-state index is 2.71. The molecular weight excluding hydrogens is 663 g/mol. The Bertz CT molecular complexity index is 2740. The van der Waals surface area contributed by atoms with Crippen LogP contribution in [0.4, 0.5) is 34.1 Å². The summed E-state index contributed by atoms with van der Waals surface area (Å²) in [5.41, 5.74) is 24.1. The third-order valence-corrected chi connectivity index (χ3v) is 14.7. The normalized spacial score (nSPS) is 18.1. The molecule has 262 valence electrons. The van der Waals surface area contributed by atoms with Gasteiger partial charge in [-0.1, -0.05) is 135 Å². The number of anilines is 6. The molecule has 3 heteroatoms. The average Bonchev–Trinajstić information content (AvgIpc) is 4.05. The van der Waals surface area contributed by atoms with Crippen molar-refractivity contribution < 1.29 is 0 Å². The number of fused-ring (bicyclic) bond motifs is 15. The van der Waals surface area contributed by atoms with Crippen molar-refractivity contribution in [3.05, 3.63) is 174 Å². The third-order valence-electron chi connectivity index (χ3n) is 14.7. The Morgan fingerprint density at radius 2 is 0.964 bits per heavy atom. The molecule has 0 amide bonds. The Hall–Kier alpha value is -5.80. The van der Waals surface area contributed by atoms with Crippen LogP contribution in [-0.2, 0) is 10.8 Å². The lowest BCUT2D eigenvalue weighted by atomic mass is 9.33. The minimum absolute atomic E-state index is 0.0284. The summed E-state index contributed by atoms with van der Waals surface area (Å²) in [5, 5.41) is 0. The molecule has 0 N–H and O–H groups in total. The first kappa shape index (κ1) is 30.5. The molecule has 2 saturated carbocycles. The van der Waals surface area contributed by atoms with Gasteiger partial charge in [-0.15, -0.1) is 0 Å². The first-order chi connectivity index (χ1) is 27.3. The Morgan fingerprint density at radius 1 is 0.400 bits per heavy atom.